The fourth-order valence-electron chi connectivity index (χ4n) is 3.80. The Hall–Kier alpha value is -1.81. The Bertz CT molecular complexity index is 660. The van der Waals surface area contributed by atoms with E-state index >= 15 is 0 Å². The Labute approximate surface area is 195 Å². The average Bonchev–Trinajstić information content (AvgIpc) is 3.22. The lowest BCUT2D eigenvalue weighted by atomic mass is 9.96. The topological polar surface area (TPSA) is 142 Å². The van der Waals surface area contributed by atoms with Gasteiger partial charge in [-0.1, -0.05) is 34.1 Å². The lowest BCUT2D eigenvalue weighted by molar-refractivity contribution is -0.145. The molecule has 184 valence electrons. The molecule has 1 fully saturated rings. The van der Waals surface area contributed by atoms with Crippen LogP contribution in [0.2, 0.25) is 0 Å². The first-order valence-electron chi connectivity index (χ1n) is 11.4. The zero-order valence-electron chi connectivity index (χ0n) is 19.9. The minimum atomic E-state index is -1.09. The zero-order valence-corrected chi connectivity index (χ0v) is 20.7. The summed E-state index contributed by atoms with van der Waals surface area (Å²) in [7, 11) is 0. The van der Waals surface area contributed by atoms with Gasteiger partial charge in [0.15, 0.2) is 0 Å². The summed E-state index contributed by atoms with van der Waals surface area (Å²) in [5.41, 5.74) is 6.00. The number of nitrogens with one attached hydrogen (secondary N) is 2. The third-order valence-corrected chi connectivity index (χ3v) is 6.55. The molecule has 10 heteroatoms. The summed E-state index contributed by atoms with van der Waals surface area (Å²) < 4.78 is 0. The van der Waals surface area contributed by atoms with Crippen molar-refractivity contribution >= 4 is 35.5 Å². The first-order valence-corrected chi connectivity index (χ1v) is 12.8. The van der Waals surface area contributed by atoms with Gasteiger partial charge in [-0.2, -0.15) is 11.8 Å². The van der Waals surface area contributed by atoms with E-state index in [1.54, 1.807) is 0 Å². The molecule has 32 heavy (non-hydrogen) atoms. The van der Waals surface area contributed by atoms with Crippen LogP contribution in [0.25, 0.3) is 0 Å². The predicted molar refractivity (Wildman–Crippen MR) is 126 cm³/mol. The van der Waals surface area contributed by atoms with Crippen LogP contribution >= 0.6 is 11.8 Å². The van der Waals surface area contributed by atoms with Gasteiger partial charge in [0.2, 0.25) is 17.7 Å². The molecule has 0 radical (unpaired) electrons. The summed E-state index contributed by atoms with van der Waals surface area (Å²) in [5.74, 6) is -1.55. The molecule has 1 aliphatic heterocycles. The standard InChI is InChI=1S/C22H40N4O5S/c1-6-14(4)18(25-19(27)15(23)12-13(2)3)21(29)26-10-7-8-17(26)20(28)24-16(22(30)31)9-11-32-5/h13-18H,6-12,23H2,1-5H3,(H,24,28)(H,25,27)(H,30,31). The summed E-state index contributed by atoms with van der Waals surface area (Å²) in [6.07, 6.45) is 4.45. The summed E-state index contributed by atoms with van der Waals surface area (Å²) in [6.45, 7) is 8.15. The second kappa shape index (κ2) is 13.7. The average molecular weight is 473 g/mol. The second-order valence-electron chi connectivity index (χ2n) is 8.98. The highest BCUT2D eigenvalue weighted by molar-refractivity contribution is 7.98. The smallest absolute Gasteiger partial charge is 0.326 e. The quantitative estimate of drug-likeness (QED) is 0.315. The van der Waals surface area contributed by atoms with Gasteiger partial charge in [0, 0.05) is 6.54 Å². The Morgan fingerprint density at radius 3 is 2.38 bits per heavy atom. The molecule has 0 saturated carbocycles. The Morgan fingerprint density at radius 1 is 1.19 bits per heavy atom. The molecule has 0 aromatic heterocycles. The van der Waals surface area contributed by atoms with Crippen LogP contribution in [0, 0.1) is 11.8 Å². The molecule has 1 aliphatic rings. The lowest BCUT2D eigenvalue weighted by Crippen LogP contribution is -2.58. The van der Waals surface area contributed by atoms with Crippen molar-refractivity contribution in [3.8, 4) is 0 Å². The van der Waals surface area contributed by atoms with Crippen molar-refractivity contribution < 1.29 is 24.3 Å². The van der Waals surface area contributed by atoms with E-state index in [2.05, 4.69) is 10.6 Å². The molecule has 0 aromatic rings. The number of aliphatic carboxylic acids is 1. The fraction of sp³-hybridized carbons (Fsp3) is 0.818. The first-order chi connectivity index (χ1) is 15.0. The third-order valence-electron chi connectivity index (χ3n) is 5.90. The number of nitrogens with zero attached hydrogens (tertiary/aromatic N) is 1. The van der Waals surface area contributed by atoms with Gasteiger partial charge in [0.1, 0.15) is 18.1 Å². The Balaban J connectivity index is 2.95. The summed E-state index contributed by atoms with van der Waals surface area (Å²) in [5, 5.41) is 14.8. The summed E-state index contributed by atoms with van der Waals surface area (Å²) in [6, 6.07) is -3.23. The Morgan fingerprint density at radius 2 is 1.84 bits per heavy atom. The van der Waals surface area contributed by atoms with E-state index in [-0.39, 0.29) is 23.7 Å². The van der Waals surface area contributed by atoms with E-state index in [4.69, 9.17) is 5.73 Å². The number of rotatable bonds is 13. The SMILES string of the molecule is CCC(C)C(NC(=O)C(N)CC(C)C)C(=O)N1CCCC1C(=O)NC(CCSC)C(=O)O. The van der Waals surface area contributed by atoms with Crippen molar-refractivity contribution in [1.82, 2.24) is 15.5 Å². The number of thioether (sulfide) groups is 1. The van der Waals surface area contributed by atoms with Gasteiger partial charge in [-0.05, 0) is 49.5 Å². The number of likely N-dealkylation sites (tertiary alicyclic amines) is 1. The number of carbonyl (C=O) groups excluding carboxylic acids is 3. The van der Waals surface area contributed by atoms with Crippen LogP contribution in [0.3, 0.4) is 0 Å². The molecule has 0 bridgehead atoms. The van der Waals surface area contributed by atoms with E-state index in [1.165, 1.54) is 16.7 Å². The van der Waals surface area contributed by atoms with Gasteiger partial charge in [0.05, 0.1) is 6.04 Å². The summed E-state index contributed by atoms with van der Waals surface area (Å²) >= 11 is 1.50. The maximum atomic E-state index is 13.4. The van der Waals surface area contributed by atoms with E-state index in [1.807, 2.05) is 34.0 Å². The zero-order chi connectivity index (χ0) is 24.4. The van der Waals surface area contributed by atoms with Gasteiger partial charge < -0.3 is 26.4 Å². The largest absolute Gasteiger partial charge is 0.480 e. The highest BCUT2D eigenvalue weighted by Crippen LogP contribution is 2.22. The highest BCUT2D eigenvalue weighted by Gasteiger charge is 2.40. The molecule has 0 aromatic carbocycles. The third kappa shape index (κ3) is 8.27. The maximum Gasteiger partial charge on any atom is 0.326 e. The minimum absolute atomic E-state index is 0.143. The molecule has 0 aliphatic carbocycles. The van der Waals surface area contributed by atoms with E-state index in [9.17, 15) is 24.3 Å². The molecule has 1 heterocycles. The predicted octanol–water partition coefficient (Wildman–Crippen LogP) is 1.20. The van der Waals surface area contributed by atoms with Crippen LogP contribution in [-0.2, 0) is 19.2 Å². The van der Waals surface area contributed by atoms with Crippen molar-refractivity contribution in [2.75, 3.05) is 18.6 Å². The van der Waals surface area contributed by atoms with E-state index in [0.29, 0.717) is 44.4 Å². The van der Waals surface area contributed by atoms with Gasteiger partial charge in [-0.3, -0.25) is 14.4 Å². The number of carboxylic acid groups (broad SMARTS) is 1. The molecular weight excluding hydrogens is 432 g/mol. The van der Waals surface area contributed by atoms with Crippen LogP contribution < -0.4 is 16.4 Å². The molecule has 1 rings (SSSR count). The molecule has 3 amide bonds. The van der Waals surface area contributed by atoms with Crippen LogP contribution in [0.4, 0.5) is 0 Å². The molecule has 1 saturated heterocycles. The highest BCUT2D eigenvalue weighted by atomic mass is 32.2. The normalized spacial score (nSPS) is 19.8. The number of hydrogen-bond acceptors (Lipinski definition) is 6. The molecular formula is C22H40N4O5S. The number of carbonyl (C=O) groups is 4. The second-order valence-corrected chi connectivity index (χ2v) is 9.96. The van der Waals surface area contributed by atoms with Crippen LogP contribution in [0.1, 0.15) is 59.8 Å². The van der Waals surface area contributed by atoms with Crippen LogP contribution in [-0.4, -0.2) is 76.4 Å². The molecule has 5 unspecified atom stereocenters. The number of hydrogen-bond donors (Lipinski definition) is 4. The van der Waals surface area contributed by atoms with Gasteiger partial charge >= 0.3 is 5.97 Å². The minimum Gasteiger partial charge on any atom is -0.480 e. The molecule has 5 N–H and O–H groups in total. The van der Waals surface area contributed by atoms with Crippen molar-refractivity contribution in [3.63, 3.8) is 0 Å². The van der Waals surface area contributed by atoms with Crippen LogP contribution in [0.5, 0.6) is 0 Å². The van der Waals surface area contributed by atoms with E-state index < -0.39 is 36.0 Å². The number of amides is 3. The van der Waals surface area contributed by atoms with Crippen molar-refractivity contribution in [2.24, 2.45) is 17.6 Å². The molecule has 9 nitrogen and oxygen atoms in total. The van der Waals surface area contributed by atoms with Crippen LogP contribution in [0.15, 0.2) is 0 Å². The first kappa shape index (κ1) is 28.2. The van der Waals surface area contributed by atoms with Gasteiger partial charge in [0.25, 0.3) is 0 Å². The fourth-order valence-corrected chi connectivity index (χ4v) is 4.27. The van der Waals surface area contributed by atoms with Gasteiger partial charge in [-0.25, -0.2) is 4.79 Å². The number of carboxylic acids is 1. The lowest BCUT2D eigenvalue weighted by Gasteiger charge is -2.32. The summed E-state index contributed by atoms with van der Waals surface area (Å²) in [4.78, 5) is 51.9. The Kier molecular flexibility index (Phi) is 12.1. The number of nitrogens with two attached hydrogens (primary N) is 1. The van der Waals surface area contributed by atoms with E-state index in [0.717, 1.165) is 0 Å². The van der Waals surface area contributed by atoms with Gasteiger partial charge in [-0.15, -0.1) is 0 Å². The van der Waals surface area contributed by atoms with Crippen molar-refractivity contribution in [2.45, 2.75) is 84.0 Å². The molecule has 0 spiro atoms. The van der Waals surface area contributed by atoms with Crippen molar-refractivity contribution in [3.05, 3.63) is 0 Å². The van der Waals surface area contributed by atoms with Crippen molar-refractivity contribution in [1.29, 1.82) is 0 Å². The monoisotopic (exact) mass is 472 g/mol. The molecule has 5 atom stereocenters. The maximum absolute atomic E-state index is 13.4.